The summed E-state index contributed by atoms with van der Waals surface area (Å²) in [5.74, 6) is 0.653. The lowest BCUT2D eigenvalue weighted by atomic mass is 9.89. The van der Waals surface area contributed by atoms with Crippen LogP contribution in [0.25, 0.3) is 0 Å². The van der Waals surface area contributed by atoms with Gasteiger partial charge in [0.25, 0.3) is 0 Å². The number of halogens is 1. The third-order valence-corrected chi connectivity index (χ3v) is 6.20. The van der Waals surface area contributed by atoms with Gasteiger partial charge in [0.1, 0.15) is 12.4 Å². The summed E-state index contributed by atoms with van der Waals surface area (Å²) in [6, 6.07) is 6.13. The van der Waals surface area contributed by atoms with Crippen molar-refractivity contribution in [2.45, 2.75) is 36.7 Å². The monoisotopic (exact) mass is 357 g/mol. The molecule has 1 aliphatic rings. The van der Waals surface area contributed by atoms with Crippen LogP contribution in [0.4, 0.5) is 4.39 Å². The van der Waals surface area contributed by atoms with Gasteiger partial charge in [-0.15, -0.1) is 0 Å². The molecule has 5 nitrogen and oxygen atoms in total. The maximum absolute atomic E-state index is 12.5. The smallest absolute Gasteiger partial charge is 0.178 e. The van der Waals surface area contributed by atoms with Gasteiger partial charge in [0.05, 0.1) is 23.1 Å². The Morgan fingerprint density at radius 2 is 1.88 bits per heavy atom. The maximum Gasteiger partial charge on any atom is 0.178 e. The highest BCUT2D eigenvalue weighted by Crippen LogP contribution is 2.28. The van der Waals surface area contributed by atoms with Crippen LogP contribution in [-0.2, 0) is 9.84 Å². The normalized spacial score (nSPS) is 22.4. The number of nitrogens with two attached hydrogens (primary N) is 1. The minimum absolute atomic E-state index is 0.0312. The standard InChI is InChI=1S/C17H24FNO4S/c18-9-14(10-19)11-23-16-5-7-17(8-6-16)24(21,22)12-13-1-3-15(20)4-2-13/h5-9,13,15,20H,1-4,10-12,19H2/b14-9+/t13-,15-. The first-order chi connectivity index (χ1) is 11.4. The van der Waals surface area contributed by atoms with Gasteiger partial charge in [0, 0.05) is 12.1 Å². The van der Waals surface area contributed by atoms with Gasteiger partial charge in [0.15, 0.2) is 9.84 Å². The first-order valence-corrected chi connectivity index (χ1v) is 9.71. The molecule has 3 N–H and O–H groups in total. The predicted molar refractivity (Wildman–Crippen MR) is 90.2 cm³/mol. The SMILES string of the molecule is NC/C(=C\F)COc1ccc(S(=O)(=O)C[C@H]2CC[C@H](O)CC2)cc1. The molecule has 0 saturated heterocycles. The Bertz CT molecular complexity index is 650. The lowest BCUT2D eigenvalue weighted by Gasteiger charge is -2.25. The molecule has 134 valence electrons. The second kappa shape index (κ2) is 8.60. The summed E-state index contributed by atoms with van der Waals surface area (Å²) in [5.41, 5.74) is 5.67. The average Bonchev–Trinajstić information content (AvgIpc) is 2.58. The summed E-state index contributed by atoms with van der Waals surface area (Å²) in [7, 11) is -3.36. The van der Waals surface area contributed by atoms with E-state index in [1.54, 1.807) is 12.1 Å². The number of ether oxygens (including phenoxy) is 1. The van der Waals surface area contributed by atoms with Crippen molar-refractivity contribution in [1.82, 2.24) is 0 Å². The van der Waals surface area contributed by atoms with Gasteiger partial charge in [-0.2, -0.15) is 0 Å². The Labute approximate surface area is 142 Å². The highest BCUT2D eigenvalue weighted by molar-refractivity contribution is 7.91. The molecule has 1 aromatic carbocycles. The molecule has 1 saturated carbocycles. The van der Waals surface area contributed by atoms with Gasteiger partial charge in [-0.05, 0) is 55.9 Å². The Morgan fingerprint density at radius 3 is 2.42 bits per heavy atom. The second-order valence-corrected chi connectivity index (χ2v) is 8.22. The van der Waals surface area contributed by atoms with Gasteiger partial charge in [-0.3, -0.25) is 0 Å². The van der Waals surface area contributed by atoms with Crippen LogP contribution in [0, 0.1) is 5.92 Å². The molecule has 1 aromatic rings. The van der Waals surface area contributed by atoms with Crippen LogP contribution in [0.5, 0.6) is 5.75 Å². The van der Waals surface area contributed by atoms with Gasteiger partial charge >= 0.3 is 0 Å². The first kappa shape index (κ1) is 18.9. The van der Waals surface area contributed by atoms with Gasteiger partial charge < -0.3 is 15.6 Å². The van der Waals surface area contributed by atoms with Crippen LogP contribution >= 0.6 is 0 Å². The Hall–Kier alpha value is -1.44. The number of hydrogen-bond donors (Lipinski definition) is 2. The van der Waals surface area contributed by atoms with Crippen LogP contribution in [0.1, 0.15) is 25.7 Å². The van der Waals surface area contributed by atoms with Crippen molar-refractivity contribution in [2.75, 3.05) is 18.9 Å². The summed E-state index contributed by atoms with van der Waals surface area (Å²) >= 11 is 0. The molecule has 0 unspecified atom stereocenters. The molecule has 1 aliphatic carbocycles. The second-order valence-electron chi connectivity index (χ2n) is 6.19. The number of benzene rings is 1. The molecule has 7 heteroatoms. The number of aliphatic hydroxyl groups is 1. The molecule has 0 aromatic heterocycles. The van der Waals surface area contributed by atoms with E-state index < -0.39 is 9.84 Å². The van der Waals surface area contributed by atoms with Crippen molar-refractivity contribution < 1.29 is 22.7 Å². The molecule has 0 bridgehead atoms. The van der Waals surface area contributed by atoms with Gasteiger partial charge in [0.2, 0.25) is 0 Å². The molecular formula is C17H24FNO4S. The number of rotatable bonds is 7. The van der Waals surface area contributed by atoms with Crippen molar-refractivity contribution in [3.8, 4) is 5.75 Å². The summed E-state index contributed by atoms with van der Waals surface area (Å²) in [5, 5.41) is 9.50. The van der Waals surface area contributed by atoms with Crippen molar-refractivity contribution >= 4 is 9.84 Å². The van der Waals surface area contributed by atoms with E-state index in [2.05, 4.69) is 0 Å². The third kappa shape index (κ3) is 5.29. The van der Waals surface area contributed by atoms with E-state index in [0.29, 0.717) is 30.5 Å². The molecular weight excluding hydrogens is 333 g/mol. The summed E-state index contributed by atoms with van der Waals surface area (Å²) in [4.78, 5) is 0.251. The van der Waals surface area contributed by atoms with Crippen molar-refractivity contribution in [1.29, 1.82) is 0 Å². The van der Waals surface area contributed by atoms with E-state index >= 15 is 0 Å². The fourth-order valence-electron chi connectivity index (χ4n) is 2.77. The number of aliphatic hydroxyl groups excluding tert-OH is 1. The Balaban J connectivity index is 1.96. The minimum Gasteiger partial charge on any atom is -0.489 e. The van der Waals surface area contributed by atoms with Crippen LogP contribution in [0.15, 0.2) is 41.1 Å². The molecule has 0 spiro atoms. The highest BCUT2D eigenvalue weighted by atomic mass is 32.2. The average molecular weight is 357 g/mol. The van der Waals surface area contributed by atoms with Crippen LogP contribution in [0.3, 0.4) is 0 Å². The number of sulfone groups is 1. The molecule has 0 atom stereocenters. The van der Waals surface area contributed by atoms with E-state index in [1.165, 1.54) is 12.1 Å². The van der Waals surface area contributed by atoms with E-state index in [1.807, 2.05) is 0 Å². The predicted octanol–water partition coefficient (Wildman–Crippen LogP) is 2.20. The largest absolute Gasteiger partial charge is 0.489 e. The van der Waals surface area contributed by atoms with E-state index in [9.17, 15) is 17.9 Å². The zero-order valence-corrected chi connectivity index (χ0v) is 14.3. The quantitative estimate of drug-likeness (QED) is 0.781. The fourth-order valence-corrected chi connectivity index (χ4v) is 4.47. The van der Waals surface area contributed by atoms with E-state index in [-0.39, 0.29) is 35.8 Å². The van der Waals surface area contributed by atoms with Crippen LogP contribution in [0.2, 0.25) is 0 Å². The maximum atomic E-state index is 12.5. The highest BCUT2D eigenvalue weighted by Gasteiger charge is 2.25. The molecule has 1 fully saturated rings. The zero-order chi connectivity index (χ0) is 17.6. The summed E-state index contributed by atoms with van der Waals surface area (Å²) in [6.07, 6.45) is 2.92. The molecule has 0 aliphatic heterocycles. The molecule has 2 rings (SSSR count). The summed E-state index contributed by atoms with van der Waals surface area (Å²) in [6.45, 7) is 0.0997. The number of hydrogen-bond acceptors (Lipinski definition) is 5. The van der Waals surface area contributed by atoms with E-state index in [0.717, 1.165) is 12.8 Å². The molecule has 0 heterocycles. The van der Waals surface area contributed by atoms with Gasteiger partial charge in [-0.25, -0.2) is 12.8 Å². The van der Waals surface area contributed by atoms with Crippen LogP contribution < -0.4 is 10.5 Å². The van der Waals surface area contributed by atoms with Crippen molar-refractivity contribution in [3.63, 3.8) is 0 Å². The lowest BCUT2D eigenvalue weighted by Crippen LogP contribution is -2.24. The molecule has 0 radical (unpaired) electrons. The lowest BCUT2D eigenvalue weighted by molar-refractivity contribution is 0.113. The Kier molecular flexibility index (Phi) is 6.77. The van der Waals surface area contributed by atoms with Crippen LogP contribution in [-0.4, -0.2) is 38.5 Å². The van der Waals surface area contributed by atoms with Crippen molar-refractivity contribution in [2.24, 2.45) is 11.7 Å². The summed E-state index contributed by atoms with van der Waals surface area (Å²) < 4.78 is 42.7. The topological polar surface area (TPSA) is 89.6 Å². The molecule has 24 heavy (non-hydrogen) atoms. The van der Waals surface area contributed by atoms with E-state index in [4.69, 9.17) is 10.5 Å². The zero-order valence-electron chi connectivity index (χ0n) is 13.5. The van der Waals surface area contributed by atoms with Crippen molar-refractivity contribution in [3.05, 3.63) is 36.2 Å². The Morgan fingerprint density at radius 1 is 1.25 bits per heavy atom. The molecule has 0 amide bonds. The fraction of sp³-hybridized carbons (Fsp3) is 0.529. The first-order valence-electron chi connectivity index (χ1n) is 8.06. The minimum atomic E-state index is -3.36. The van der Waals surface area contributed by atoms with Gasteiger partial charge in [-0.1, -0.05) is 0 Å². The third-order valence-electron chi connectivity index (χ3n) is 4.29.